The number of aromatic nitrogens is 2. The Morgan fingerprint density at radius 2 is 2.10 bits per heavy atom. The molecule has 0 bridgehead atoms. The number of hydrogen-bond acceptors (Lipinski definition) is 5. The van der Waals surface area contributed by atoms with Crippen molar-refractivity contribution in [3.8, 4) is 5.75 Å². The summed E-state index contributed by atoms with van der Waals surface area (Å²) < 4.78 is 6.79. The number of nitrogens with zero attached hydrogens (tertiary/aromatic N) is 2. The number of hydrogen-bond donors (Lipinski definition) is 3. The van der Waals surface area contributed by atoms with Crippen LogP contribution in [-0.2, 0) is 16.0 Å². The molecule has 2 heterocycles. The molecule has 1 aromatic carbocycles. The number of rotatable bonds is 8. The van der Waals surface area contributed by atoms with Crippen LogP contribution in [0.5, 0.6) is 5.75 Å². The van der Waals surface area contributed by atoms with E-state index >= 15 is 0 Å². The van der Waals surface area contributed by atoms with E-state index < -0.39 is 6.29 Å². The number of amides is 2. The SMILES string of the molecule is CCCC1CC(=O)NC(n2nc(C)cc2NC(=O)CCc2ccc(OC)cc2)N1. The van der Waals surface area contributed by atoms with Crippen molar-refractivity contribution in [3.63, 3.8) is 0 Å². The van der Waals surface area contributed by atoms with E-state index in [0.717, 1.165) is 29.8 Å². The fourth-order valence-electron chi connectivity index (χ4n) is 3.49. The fraction of sp³-hybridized carbons (Fsp3) is 0.476. The normalized spacial score (nSPS) is 18.9. The molecule has 1 aliphatic rings. The van der Waals surface area contributed by atoms with Gasteiger partial charge in [-0.25, -0.2) is 4.68 Å². The average Bonchev–Trinajstić information content (AvgIpc) is 3.06. The largest absolute Gasteiger partial charge is 0.497 e. The number of aryl methyl sites for hydroxylation is 2. The van der Waals surface area contributed by atoms with Crippen molar-refractivity contribution in [2.75, 3.05) is 12.4 Å². The maximum Gasteiger partial charge on any atom is 0.225 e. The lowest BCUT2D eigenvalue weighted by Gasteiger charge is -2.32. The van der Waals surface area contributed by atoms with Gasteiger partial charge >= 0.3 is 0 Å². The number of anilines is 1. The molecule has 2 unspecified atom stereocenters. The highest BCUT2D eigenvalue weighted by Gasteiger charge is 2.28. The van der Waals surface area contributed by atoms with Crippen molar-refractivity contribution in [3.05, 3.63) is 41.6 Å². The van der Waals surface area contributed by atoms with E-state index in [2.05, 4.69) is 28.0 Å². The zero-order chi connectivity index (χ0) is 20.8. The minimum Gasteiger partial charge on any atom is -0.497 e. The van der Waals surface area contributed by atoms with Gasteiger partial charge in [-0.1, -0.05) is 25.5 Å². The number of methoxy groups -OCH3 is 1. The summed E-state index contributed by atoms with van der Waals surface area (Å²) in [7, 11) is 1.63. The second-order valence-corrected chi connectivity index (χ2v) is 7.34. The van der Waals surface area contributed by atoms with Crippen LogP contribution in [0.3, 0.4) is 0 Å². The first-order chi connectivity index (χ1) is 14.0. The predicted octanol–water partition coefficient (Wildman–Crippen LogP) is 2.51. The predicted molar refractivity (Wildman–Crippen MR) is 111 cm³/mol. The van der Waals surface area contributed by atoms with Gasteiger partial charge in [0.1, 0.15) is 11.6 Å². The van der Waals surface area contributed by atoms with Gasteiger partial charge in [0, 0.05) is 24.9 Å². The molecule has 2 amide bonds. The van der Waals surface area contributed by atoms with Gasteiger partial charge < -0.3 is 15.4 Å². The molecule has 8 heteroatoms. The van der Waals surface area contributed by atoms with Gasteiger partial charge in [0.05, 0.1) is 12.8 Å². The number of carbonyl (C=O) groups is 2. The molecule has 8 nitrogen and oxygen atoms in total. The zero-order valence-corrected chi connectivity index (χ0v) is 17.2. The van der Waals surface area contributed by atoms with E-state index in [1.54, 1.807) is 11.8 Å². The van der Waals surface area contributed by atoms with Crippen molar-refractivity contribution in [2.45, 2.75) is 58.3 Å². The van der Waals surface area contributed by atoms with Crippen molar-refractivity contribution in [2.24, 2.45) is 0 Å². The first-order valence-electron chi connectivity index (χ1n) is 10.0. The van der Waals surface area contributed by atoms with Crippen LogP contribution in [0.25, 0.3) is 0 Å². The third-order valence-electron chi connectivity index (χ3n) is 4.93. The zero-order valence-electron chi connectivity index (χ0n) is 17.2. The smallest absolute Gasteiger partial charge is 0.225 e. The molecule has 0 radical (unpaired) electrons. The monoisotopic (exact) mass is 399 g/mol. The summed E-state index contributed by atoms with van der Waals surface area (Å²) in [4.78, 5) is 24.6. The summed E-state index contributed by atoms with van der Waals surface area (Å²) in [6.45, 7) is 3.95. The van der Waals surface area contributed by atoms with E-state index in [4.69, 9.17) is 4.74 Å². The number of ether oxygens (including phenoxy) is 1. The summed E-state index contributed by atoms with van der Waals surface area (Å²) >= 11 is 0. The molecule has 2 atom stereocenters. The molecule has 1 saturated heterocycles. The molecule has 0 spiro atoms. The van der Waals surface area contributed by atoms with Gasteiger partial charge in [0.15, 0.2) is 6.29 Å². The van der Waals surface area contributed by atoms with Gasteiger partial charge in [-0.2, -0.15) is 5.10 Å². The summed E-state index contributed by atoms with van der Waals surface area (Å²) in [5.74, 6) is 1.24. The van der Waals surface area contributed by atoms with E-state index in [0.29, 0.717) is 25.1 Å². The Bertz CT molecular complexity index is 847. The summed E-state index contributed by atoms with van der Waals surface area (Å²) in [5, 5.41) is 13.7. The number of benzene rings is 1. The molecule has 3 N–H and O–H groups in total. The lowest BCUT2D eigenvalue weighted by Crippen LogP contribution is -2.53. The Morgan fingerprint density at radius 3 is 2.79 bits per heavy atom. The summed E-state index contributed by atoms with van der Waals surface area (Å²) in [6, 6.07) is 9.58. The fourth-order valence-corrected chi connectivity index (χ4v) is 3.49. The number of carbonyl (C=O) groups excluding carboxylic acids is 2. The molecular weight excluding hydrogens is 370 g/mol. The van der Waals surface area contributed by atoms with Crippen LogP contribution in [0.2, 0.25) is 0 Å². The molecule has 3 rings (SSSR count). The first kappa shape index (κ1) is 20.9. The maximum atomic E-state index is 12.5. The Hall–Kier alpha value is -2.87. The van der Waals surface area contributed by atoms with E-state index in [9.17, 15) is 9.59 Å². The standard InChI is InChI=1S/C21H29N5O3/c1-4-5-16-13-20(28)24-21(22-16)26-18(12-14(2)25-26)23-19(27)11-8-15-6-9-17(29-3)10-7-15/h6-7,9-10,12,16,21-22H,4-5,8,11,13H2,1-3H3,(H,23,27)(H,24,28). The van der Waals surface area contributed by atoms with Crippen molar-refractivity contribution in [1.82, 2.24) is 20.4 Å². The molecule has 0 saturated carbocycles. The Balaban J connectivity index is 1.63. The van der Waals surface area contributed by atoms with Crippen LogP contribution in [0.4, 0.5) is 5.82 Å². The van der Waals surface area contributed by atoms with Gasteiger partial charge in [-0.05, 0) is 37.5 Å². The van der Waals surface area contributed by atoms with Crippen LogP contribution < -0.4 is 20.7 Å². The Morgan fingerprint density at radius 1 is 1.34 bits per heavy atom. The quantitative estimate of drug-likeness (QED) is 0.634. The van der Waals surface area contributed by atoms with E-state index in [1.165, 1.54) is 0 Å². The highest BCUT2D eigenvalue weighted by Crippen LogP contribution is 2.19. The molecule has 2 aromatic rings. The van der Waals surface area contributed by atoms with Gasteiger partial charge in [-0.3, -0.25) is 14.9 Å². The molecule has 29 heavy (non-hydrogen) atoms. The molecule has 0 aliphatic carbocycles. The van der Waals surface area contributed by atoms with Gasteiger partial charge in [-0.15, -0.1) is 0 Å². The molecule has 1 aliphatic heterocycles. The average molecular weight is 399 g/mol. The highest BCUT2D eigenvalue weighted by atomic mass is 16.5. The second-order valence-electron chi connectivity index (χ2n) is 7.34. The van der Waals surface area contributed by atoms with Crippen LogP contribution in [-0.4, -0.2) is 34.7 Å². The Labute approximate surface area is 171 Å². The Kier molecular flexibility index (Phi) is 6.87. The first-order valence-corrected chi connectivity index (χ1v) is 10.0. The van der Waals surface area contributed by atoms with Gasteiger partial charge in [0.25, 0.3) is 0 Å². The van der Waals surface area contributed by atoms with Crippen LogP contribution in [0.1, 0.15) is 50.2 Å². The summed E-state index contributed by atoms with van der Waals surface area (Å²) in [5.41, 5.74) is 1.83. The van der Waals surface area contributed by atoms with E-state index in [1.807, 2.05) is 37.3 Å². The molecule has 1 aromatic heterocycles. The highest BCUT2D eigenvalue weighted by molar-refractivity contribution is 5.90. The van der Waals surface area contributed by atoms with Crippen LogP contribution >= 0.6 is 0 Å². The van der Waals surface area contributed by atoms with Crippen molar-refractivity contribution >= 4 is 17.6 Å². The van der Waals surface area contributed by atoms with E-state index in [-0.39, 0.29) is 17.9 Å². The van der Waals surface area contributed by atoms with Crippen LogP contribution in [0, 0.1) is 6.92 Å². The molecular formula is C21H29N5O3. The second kappa shape index (κ2) is 9.56. The minimum absolute atomic E-state index is 0.0165. The topological polar surface area (TPSA) is 97.3 Å². The van der Waals surface area contributed by atoms with Crippen LogP contribution in [0.15, 0.2) is 30.3 Å². The lowest BCUT2D eigenvalue weighted by molar-refractivity contribution is -0.125. The molecule has 156 valence electrons. The molecule has 1 fully saturated rings. The summed E-state index contributed by atoms with van der Waals surface area (Å²) in [6.07, 6.45) is 2.85. The van der Waals surface area contributed by atoms with Crippen molar-refractivity contribution < 1.29 is 14.3 Å². The van der Waals surface area contributed by atoms with Gasteiger partial charge in [0.2, 0.25) is 11.8 Å². The third-order valence-corrected chi connectivity index (χ3v) is 4.93. The minimum atomic E-state index is -0.474. The lowest BCUT2D eigenvalue weighted by atomic mass is 10.1. The third kappa shape index (κ3) is 5.57. The number of nitrogens with one attached hydrogen (secondary N) is 3. The maximum absolute atomic E-state index is 12.5. The van der Waals surface area contributed by atoms with Crippen molar-refractivity contribution in [1.29, 1.82) is 0 Å².